The van der Waals surface area contributed by atoms with Gasteiger partial charge in [0.2, 0.25) is 10.0 Å². The molecule has 114 valence electrons. The van der Waals surface area contributed by atoms with E-state index in [4.69, 9.17) is 4.84 Å². The Kier molecular flexibility index (Phi) is 4.35. The van der Waals surface area contributed by atoms with Crippen LogP contribution in [0.2, 0.25) is 0 Å². The fraction of sp³-hybridized carbons (Fsp3) is 0.429. The second-order valence-corrected chi connectivity index (χ2v) is 7.98. The van der Waals surface area contributed by atoms with Crippen molar-refractivity contribution in [3.63, 3.8) is 0 Å². The molecule has 2 heterocycles. The minimum absolute atomic E-state index is 0.203. The van der Waals surface area contributed by atoms with Gasteiger partial charge in [-0.1, -0.05) is 18.6 Å². The predicted molar refractivity (Wildman–Crippen MR) is 83.0 cm³/mol. The molecule has 0 saturated carbocycles. The molecule has 0 spiro atoms. The van der Waals surface area contributed by atoms with Crippen LogP contribution in [0.5, 0.6) is 0 Å². The van der Waals surface area contributed by atoms with Gasteiger partial charge in [0.05, 0.1) is 4.90 Å². The fourth-order valence-corrected chi connectivity index (χ4v) is 4.42. The maximum atomic E-state index is 12.5. The number of hydrogen-bond donors (Lipinski definition) is 1. The Labute approximate surface area is 133 Å². The van der Waals surface area contributed by atoms with Gasteiger partial charge in [0.15, 0.2) is 0 Å². The number of hydroxylamine groups is 1. The number of benzene rings is 1. The number of nitrogens with zero attached hydrogens (tertiary/aromatic N) is 1. The Morgan fingerprint density at radius 3 is 2.38 bits per heavy atom. The molecule has 3 rings (SSSR count). The maximum absolute atomic E-state index is 12.5. The van der Waals surface area contributed by atoms with Crippen molar-refractivity contribution >= 4 is 26.0 Å². The molecule has 1 aromatic carbocycles. The highest BCUT2D eigenvalue weighted by molar-refractivity contribution is 9.11. The summed E-state index contributed by atoms with van der Waals surface area (Å²) in [6.45, 7) is 1.24. The van der Waals surface area contributed by atoms with Gasteiger partial charge >= 0.3 is 0 Å². The van der Waals surface area contributed by atoms with Crippen LogP contribution in [0.3, 0.4) is 0 Å². The monoisotopic (exact) mass is 372 g/mol. The van der Waals surface area contributed by atoms with Crippen molar-refractivity contribution in [3.8, 4) is 0 Å². The van der Waals surface area contributed by atoms with E-state index in [0.717, 1.165) is 29.4 Å². The van der Waals surface area contributed by atoms with E-state index in [1.807, 2.05) is 6.08 Å². The second-order valence-electron chi connectivity index (χ2n) is 5.19. The van der Waals surface area contributed by atoms with E-state index in [1.54, 1.807) is 28.6 Å². The average Bonchev–Trinajstić information content (AvgIpc) is 2.95. The van der Waals surface area contributed by atoms with E-state index in [2.05, 4.69) is 21.4 Å². The predicted octanol–water partition coefficient (Wildman–Crippen LogP) is 2.67. The zero-order valence-electron chi connectivity index (χ0n) is 11.5. The first-order valence-corrected chi connectivity index (χ1v) is 9.20. The number of piperidine rings is 1. The summed E-state index contributed by atoms with van der Waals surface area (Å²) in [5, 5.41) is 0. The van der Waals surface area contributed by atoms with Crippen LogP contribution in [-0.2, 0) is 14.9 Å². The molecular weight excluding hydrogens is 356 g/mol. The SMILES string of the molecule is O=S(=O)(c1ccc([C@H]2C=C(Br)NO2)cc1)N1CCCCC1. The Morgan fingerprint density at radius 2 is 1.81 bits per heavy atom. The number of halogens is 1. The molecule has 0 aliphatic carbocycles. The van der Waals surface area contributed by atoms with Gasteiger partial charge in [0.25, 0.3) is 0 Å². The van der Waals surface area contributed by atoms with Gasteiger partial charge in [-0.2, -0.15) is 4.31 Å². The molecule has 0 aromatic heterocycles. The van der Waals surface area contributed by atoms with Gasteiger partial charge in [-0.15, -0.1) is 0 Å². The molecule has 1 fully saturated rings. The lowest BCUT2D eigenvalue weighted by atomic mass is 10.1. The highest BCUT2D eigenvalue weighted by atomic mass is 79.9. The van der Waals surface area contributed by atoms with Crippen molar-refractivity contribution < 1.29 is 13.3 Å². The third kappa shape index (κ3) is 3.15. The Hall–Kier alpha value is -0.890. The summed E-state index contributed by atoms with van der Waals surface area (Å²) in [7, 11) is -3.36. The summed E-state index contributed by atoms with van der Waals surface area (Å²) in [6, 6.07) is 6.90. The van der Waals surface area contributed by atoms with Crippen molar-refractivity contribution in [2.24, 2.45) is 0 Å². The largest absolute Gasteiger partial charge is 0.263 e. The quantitative estimate of drug-likeness (QED) is 0.828. The summed E-state index contributed by atoms with van der Waals surface area (Å²) in [6.07, 6.45) is 4.67. The summed E-state index contributed by atoms with van der Waals surface area (Å²) in [5.74, 6) is 0. The first-order valence-electron chi connectivity index (χ1n) is 6.96. The summed E-state index contributed by atoms with van der Waals surface area (Å²) in [4.78, 5) is 5.69. The van der Waals surface area contributed by atoms with Crippen molar-refractivity contribution in [1.29, 1.82) is 0 Å². The highest BCUT2D eigenvalue weighted by Gasteiger charge is 2.26. The van der Waals surface area contributed by atoms with Gasteiger partial charge < -0.3 is 0 Å². The fourth-order valence-electron chi connectivity index (χ4n) is 2.57. The average molecular weight is 373 g/mol. The lowest BCUT2D eigenvalue weighted by Gasteiger charge is -2.26. The number of nitrogens with one attached hydrogen (secondary N) is 1. The van der Waals surface area contributed by atoms with Gasteiger partial charge in [0.1, 0.15) is 10.7 Å². The molecular formula is C14H17BrN2O3S. The second kappa shape index (κ2) is 6.08. The molecule has 1 N–H and O–H groups in total. The van der Waals surface area contributed by atoms with E-state index in [0.29, 0.717) is 18.0 Å². The number of hydrogen-bond acceptors (Lipinski definition) is 4. The smallest absolute Gasteiger partial charge is 0.243 e. The van der Waals surface area contributed by atoms with Crippen LogP contribution in [0.4, 0.5) is 0 Å². The summed E-state index contributed by atoms with van der Waals surface area (Å²) < 4.78 is 27.4. The maximum Gasteiger partial charge on any atom is 0.243 e. The topological polar surface area (TPSA) is 58.6 Å². The van der Waals surface area contributed by atoms with Crippen LogP contribution in [-0.4, -0.2) is 25.8 Å². The molecule has 1 atom stereocenters. The zero-order chi connectivity index (χ0) is 14.9. The molecule has 7 heteroatoms. The first kappa shape index (κ1) is 15.0. The Morgan fingerprint density at radius 1 is 1.14 bits per heavy atom. The molecule has 0 unspecified atom stereocenters. The van der Waals surface area contributed by atoms with Crippen LogP contribution in [0.1, 0.15) is 30.9 Å². The standard InChI is InChI=1S/C14H17BrN2O3S/c15-14-10-13(20-16-14)11-4-6-12(7-5-11)21(18,19)17-8-2-1-3-9-17/h4-7,10,13,16H,1-3,8-9H2/t13-/m1/s1. The van der Waals surface area contributed by atoms with E-state index >= 15 is 0 Å². The minimum atomic E-state index is -3.36. The van der Waals surface area contributed by atoms with E-state index in [1.165, 1.54) is 0 Å². The van der Waals surface area contributed by atoms with E-state index < -0.39 is 10.0 Å². The van der Waals surface area contributed by atoms with Crippen LogP contribution >= 0.6 is 15.9 Å². The molecule has 21 heavy (non-hydrogen) atoms. The zero-order valence-corrected chi connectivity index (χ0v) is 13.9. The highest BCUT2D eigenvalue weighted by Crippen LogP contribution is 2.28. The summed E-state index contributed by atoms with van der Waals surface area (Å²) in [5.41, 5.74) is 3.63. The van der Waals surface area contributed by atoms with Gasteiger partial charge in [0, 0.05) is 13.1 Å². The van der Waals surface area contributed by atoms with Crippen LogP contribution in [0, 0.1) is 0 Å². The molecule has 2 aliphatic heterocycles. The molecule has 0 bridgehead atoms. The lowest BCUT2D eigenvalue weighted by Crippen LogP contribution is -2.35. The van der Waals surface area contributed by atoms with Gasteiger partial charge in [-0.05, 0) is 52.5 Å². The Bertz CT molecular complexity index is 637. The van der Waals surface area contributed by atoms with Gasteiger partial charge in [-0.3, -0.25) is 10.3 Å². The van der Waals surface area contributed by atoms with Crippen molar-refractivity contribution in [2.75, 3.05) is 13.1 Å². The molecule has 1 saturated heterocycles. The molecule has 2 aliphatic rings. The normalized spacial score (nSPS) is 23.7. The molecule has 0 amide bonds. The number of rotatable bonds is 3. The van der Waals surface area contributed by atoms with E-state index in [-0.39, 0.29) is 6.10 Å². The van der Waals surface area contributed by atoms with Crippen LogP contribution in [0.25, 0.3) is 0 Å². The van der Waals surface area contributed by atoms with Crippen molar-refractivity contribution in [3.05, 3.63) is 40.5 Å². The van der Waals surface area contributed by atoms with Crippen LogP contribution in [0.15, 0.2) is 39.8 Å². The van der Waals surface area contributed by atoms with Crippen molar-refractivity contribution in [2.45, 2.75) is 30.3 Å². The molecule has 1 aromatic rings. The summed E-state index contributed by atoms with van der Waals surface area (Å²) >= 11 is 3.30. The third-order valence-corrected chi connectivity index (χ3v) is 6.08. The van der Waals surface area contributed by atoms with Crippen molar-refractivity contribution in [1.82, 2.24) is 9.79 Å². The first-order chi connectivity index (χ1) is 10.1. The lowest BCUT2D eigenvalue weighted by molar-refractivity contribution is 0.0457. The molecule has 5 nitrogen and oxygen atoms in total. The van der Waals surface area contributed by atoms with Crippen LogP contribution < -0.4 is 5.48 Å². The Balaban J connectivity index is 1.80. The number of sulfonamides is 1. The molecule has 0 radical (unpaired) electrons. The minimum Gasteiger partial charge on any atom is -0.263 e. The van der Waals surface area contributed by atoms with Gasteiger partial charge in [-0.25, -0.2) is 8.42 Å². The third-order valence-electron chi connectivity index (χ3n) is 3.74. The van der Waals surface area contributed by atoms with E-state index in [9.17, 15) is 8.42 Å².